The van der Waals surface area contributed by atoms with Crippen molar-refractivity contribution in [3.8, 4) is 0 Å². The van der Waals surface area contributed by atoms with Crippen LogP contribution in [0.5, 0.6) is 0 Å². The van der Waals surface area contributed by atoms with Crippen molar-refractivity contribution in [3.05, 3.63) is 0 Å². The van der Waals surface area contributed by atoms with Gasteiger partial charge in [0.2, 0.25) is 0 Å². The van der Waals surface area contributed by atoms with Gasteiger partial charge in [-0.25, -0.2) is 0 Å². The molecule has 0 radical (unpaired) electrons. The van der Waals surface area contributed by atoms with Crippen molar-refractivity contribution >= 4 is 7.60 Å². The zero-order valence-corrected chi connectivity index (χ0v) is 16.2. The van der Waals surface area contributed by atoms with Crippen LogP contribution < -0.4 is 0 Å². The molecule has 0 amide bonds. The highest BCUT2D eigenvalue weighted by Crippen LogP contribution is 2.48. The van der Waals surface area contributed by atoms with E-state index in [1.807, 2.05) is 13.8 Å². The van der Waals surface area contributed by atoms with Crippen LogP contribution in [0.15, 0.2) is 0 Å². The molecule has 0 atom stereocenters. The van der Waals surface area contributed by atoms with Gasteiger partial charge in [0.25, 0.3) is 0 Å². The number of hydrogen-bond donors (Lipinski definition) is 0. The van der Waals surface area contributed by atoms with Crippen LogP contribution in [0.4, 0.5) is 0 Å². The Labute approximate surface area is 138 Å². The van der Waals surface area contributed by atoms with E-state index >= 15 is 0 Å². The van der Waals surface area contributed by atoms with Gasteiger partial charge in [0.1, 0.15) is 0 Å². The largest absolute Gasteiger partial charge is 0.330 e. The molecule has 0 fully saturated rings. The minimum atomic E-state index is -2.81. The van der Waals surface area contributed by atoms with Gasteiger partial charge in [-0.15, -0.1) is 0 Å². The Morgan fingerprint density at radius 2 is 1.14 bits per heavy atom. The molecule has 0 rings (SSSR count). The van der Waals surface area contributed by atoms with Crippen LogP contribution in [0.25, 0.3) is 0 Å². The zero-order chi connectivity index (χ0) is 16.7. The molecule has 0 heterocycles. The van der Waals surface area contributed by atoms with Crippen molar-refractivity contribution in [1.82, 2.24) is 4.90 Å². The molecule has 22 heavy (non-hydrogen) atoms. The highest BCUT2D eigenvalue weighted by molar-refractivity contribution is 7.53. The summed E-state index contributed by atoms with van der Waals surface area (Å²) in [5.41, 5.74) is 0. The average Bonchev–Trinajstić information content (AvgIpc) is 2.45. The van der Waals surface area contributed by atoms with Gasteiger partial charge in [-0.3, -0.25) is 4.57 Å². The summed E-state index contributed by atoms with van der Waals surface area (Å²) >= 11 is 0. The van der Waals surface area contributed by atoms with Gasteiger partial charge in [-0.05, 0) is 47.3 Å². The molecule has 0 spiro atoms. The van der Waals surface area contributed by atoms with Crippen molar-refractivity contribution in [2.24, 2.45) is 0 Å². The molecule has 0 bridgehead atoms. The Bertz CT molecular complexity index is 275. The molecule has 0 aliphatic rings. The van der Waals surface area contributed by atoms with E-state index in [1.54, 1.807) is 0 Å². The van der Waals surface area contributed by atoms with Gasteiger partial charge in [0, 0.05) is 0 Å². The van der Waals surface area contributed by atoms with E-state index in [9.17, 15) is 4.57 Å². The first-order chi connectivity index (χ1) is 10.5. The molecule has 0 aliphatic heterocycles. The maximum Gasteiger partial charge on any atom is 0.330 e. The Kier molecular flexibility index (Phi) is 14.8. The summed E-state index contributed by atoms with van der Waals surface area (Å²) < 4.78 is 22.8. The summed E-state index contributed by atoms with van der Waals surface area (Å²) in [5, 5.41) is 0. The Morgan fingerprint density at radius 1 is 0.727 bits per heavy atom. The van der Waals surface area contributed by atoms with Gasteiger partial charge in [0.15, 0.2) is 0 Å². The molecule has 0 aliphatic carbocycles. The van der Waals surface area contributed by atoms with Gasteiger partial charge in [0.05, 0.1) is 19.4 Å². The number of unbranched alkanes of at least 4 members (excludes halogenated alkanes) is 8. The molecule has 0 saturated carbocycles. The lowest BCUT2D eigenvalue weighted by molar-refractivity contribution is 0.219. The van der Waals surface area contributed by atoms with E-state index in [0.29, 0.717) is 19.4 Å². The fraction of sp³-hybridized carbons (Fsp3) is 1.00. The van der Waals surface area contributed by atoms with Crippen molar-refractivity contribution in [3.63, 3.8) is 0 Å². The molecule has 0 saturated heterocycles. The first-order valence-corrected chi connectivity index (χ1v) is 10.8. The normalized spacial score (nSPS) is 12.2. The molecule has 5 heteroatoms. The van der Waals surface area contributed by atoms with Crippen LogP contribution in [0.2, 0.25) is 0 Å². The third-order valence-corrected chi connectivity index (χ3v) is 5.86. The summed E-state index contributed by atoms with van der Waals surface area (Å²) in [5.74, 6) is 0. The first kappa shape index (κ1) is 22.1. The van der Waals surface area contributed by atoms with Gasteiger partial charge in [-0.1, -0.05) is 44.9 Å². The quantitative estimate of drug-likeness (QED) is 0.282. The topological polar surface area (TPSA) is 38.8 Å². The fourth-order valence-electron chi connectivity index (χ4n) is 2.53. The van der Waals surface area contributed by atoms with E-state index in [0.717, 1.165) is 12.8 Å². The second kappa shape index (κ2) is 14.7. The predicted molar refractivity (Wildman–Crippen MR) is 95.8 cm³/mol. The summed E-state index contributed by atoms with van der Waals surface area (Å²) in [6, 6.07) is 0. The number of nitrogens with zero attached hydrogens (tertiary/aromatic N) is 1. The van der Waals surface area contributed by atoms with Gasteiger partial charge in [-0.2, -0.15) is 0 Å². The van der Waals surface area contributed by atoms with E-state index in [2.05, 4.69) is 19.0 Å². The lowest BCUT2D eigenvalue weighted by Crippen LogP contribution is -2.12. The highest BCUT2D eigenvalue weighted by atomic mass is 31.2. The van der Waals surface area contributed by atoms with Crippen LogP contribution >= 0.6 is 7.60 Å². The molecule has 0 N–H and O–H groups in total. The van der Waals surface area contributed by atoms with E-state index in [-0.39, 0.29) is 0 Å². The smallest absolute Gasteiger partial charge is 0.309 e. The van der Waals surface area contributed by atoms with Crippen LogP contribution in [0.3, 0.4) is 0 Å². The molecule has 0 aromatic rings. The van der Waals surface area contributed by atoms with Gasteiger partial charge >= 0.3 is 7.60 Å². The highest BCUT2D eigenvalue weighted by Gasteiger charge is 2.22. The second-order valence-electron chi connectivity index (χ2n) is 6.16. The lowest BCUT2D eigenvalue weighted by atomic mass is 10.1. The maximum absolute atomic E-state index is 12.2. The Balaban J connectivity index is 3.40. The molecular formula is C17H38NO3P. The Morgan fingerprint density at radius 3 is 1.55 bits per heavy atom. The van der Waals surface area contributed by atoms with E-state index < -0.39 is 7.60 Å². The fourth-order valence-corrected chi connectivity index (χ4v) is 4.26. The SMILES string of the molecule is CCOP(=O)(CCCCCCCCCCCN(C)C)OCC. The second-order valence-corrected chi connectivity index (χ2v) is 8.34. The van der Waals surface area contributed by atoms with Crippen LogP contribution in [-0.4, -0.2) is 44.9 Å². The molecular weight excluding hydrogens is 297 g/mol. The van der Waals surface area contributed by atoms with Crippen LogP contribution in [0.1, 0.15) is 71.6 Å². The predicted octanol–water partition coefficient (Wildman–Crippen LogP) is 5.33. The van der Waals surface area contributed by atoms with E-state index in [1.165, 1.54) is 51.5 Å². The van der Waals surface area contributed by atoms with Gasteiger partial charge < -0.3 is 13.9 Å². The Hall–Kier alpha value is 0.110. The summed E-state index contributed by atoms with van der Waals surface area (Å²) in [6.45, 7) is 5.87. The molecule has 0 aromatic heterocycles. The molecule has 134 valence electrons. The molecule has 4 nitrogen and oxygen atoms in total. The standard InChI is InChI=1S/C17H38NO3P/c1-5-20-22(19,21-6-2)17-15-13-11-9-7-8-10-12-14-16-18(3)4/h5-17H2,1-4H3. The minimum absolute atomic E-state index is 0.463. The summed E-state index contributed by atoms with van der Waals surface area (Å²) in [4.78, 5) is 2.25. The summed E-state index contributed by atoms with van der Waals surface area (Å²) in [7, 11) is 1.46. The molecule has 0 aromatic carbocycles. The third-order valence-electron chi connectivity index (χ3n) is 3.69. The monoisotopic (exact) mass is 335 g/mol. The zero-order valence-electron chi connectivity index (χ0n) is 15.3. The first-order valence-electron chi connectivity index (χ1n) is 9.07. The maximum atomic E-state index is 12.2. The molecule has 0 unspecified atom stereocenters. The number of hydrogen-bond acceptors (Lipinski definition) is 4. The number of rotatable bonds is 16. The third kappa shape index (κ3) is 13.8. The van der Waals surface area contributed by atoms with Crippen molar-refractivity contribution < 1.29 is 13.6 Å². The van der Waals surface area contributed by atoms with Crippen molar-refractivity contribution in [2.75, 3.05) is 40.0 Å². The summed E-state index contributed by atoms with van der Waals surface area (Å²) in [6.07, 6.45) is 11.9. The van der Waals surface area contributed by atoms with Crippen LogP contribution in [0, 0.1) is 0 Å². The minimum Gasteiger partial charge on any atom is -0.309 e. The van der Waals surface area contributed by atoms with Crippen LogP contribution in [-0.2, 0) is 13.6 Å². The van der Waals surface area contributed by atoms with Crippen molar-refractivity contribution in [1.29, 1.82) is 0 Å². The average molecular weight is 335 g/mol. The van der Waals surface area contributed by atoms with E-state index in [4.69, 9.17) is 9.05 Å². The lowest BCUT2D eigenvalue weighted by Gasteiger charge is -2.16. The van der Waals surface area contributed by atoms with Crippen molar-refractivity contribution in [2.45, 2.75) is 71.6 Å².